The first-order valence-corrected chi connectivity index (χ1v) is 4.94. The Kier molecular flexibility index (Phi) is 3.79. The van der Waals surface area contributed by atoms with Crippen LogP contribution in [0.15, 0.2) is 10.9 Å². The number of hydrogen-bond donors (Lipinski definition) is 2. The van der Waals surface area contributed by atoms with Gasteiger partial charge in [-0.25, -0.2) is 0 Å². The third-order valence-corrected chi connectivity index (χ3v) is 2.53. The number of rotatable bonds is 5. The van der Waals surface area contributed by atoms with Gasteiger partial charge in [-0.1, -0.05) is 19.0 Å². The molecule has 1 heterocycles. The summed E-state index contributed by atoms with van der Waals surface area (Å²) < 4.78 is 4.54. The van der Waals surface area contributed by atoms with Gasteiger partial charge in [-0.3, -0.25) is 4.79 Å². The molecule has 0 bridgehead atoms. The molecule has 0 aliphatic rings. The molecule has 1 amide bonds. The first-order valence-electron chi connectivity index (χ1n) is 4.94. The molecule has 1 aromatic heterocycles. The standard InChI is InChI=1S/C9H16N4O2/c1-3-9(10,4-2)8(14)11-5-7-12-6-15-13-7/h6H,3-5,10H2,1-2H3,(H,11,14). The fourth-order valence-electron chi connectivity index (χ4n) is 1.18. The van der Waals surface area contributed by atoms with Gasteiger partial charge in [0.1, 0.15) is 0 Å². The maximum Gasteiger partial charge on any atom is 0.240 e. The number of carbonyl (C=O) groups excluding carboxylic acids is 1. The molecule has 1 aromatic rings. The lowest BCUT2D eigenvalue weighted by Crippen LogP contribution is -2.52. The van der Waals surface area contributed by atoms with Crippen molar-refractivity contribution < 1.29 is 9.32 Å². The summed E-state index contributed by atoms with van der Waals surface area (Å²) in [5, 5.41) is 6.26. The summed E-state index contributed by atoms with van der Waals surface area (Å²) in [7, 11) is 0. The molecule has 6 heteroatoms. The normalized spacial score (nSPS) is 11.4. The Hall–Kier alpha value is -1.43. The van der Waals surface area contributed by atoms with E-state index in [0.717, 1.165) is 0 Å². The van der Waals surface area contributed by atoms with Gasteiger partial charge in [0.05, 0.1) is 12.1 Å². The van der Waals surface area contributed by atoms with E-state index in [1.807, 2.05) is 13.8 Å². The SMILES string of the molecule is CCC(N)(CC)C(=O)NCc1ncon1. The molecule has 0 fully saturated rings. The van der Waals surface area contributed by atoms with Crippen LogP contribution >= 0.6 is 0 Å². The van der Waals surface area contributed by atoms with E-state index in [9.17, 15) is 4.79 Å². The Morgan fingerprint density at radius 1 is 1.60 bits per heavy atom. The largest absolute Gasteiger partial charge is 0.347 e. The molecule has 0 aromatic carbocycles. The van der Waals surface area contributed by atoms with Gasteiger partial charge in [-0.15, -0.1) is 0 Å². The summed E-state index contributed by atoms with van der Waals surface area (Å²) in [6.45, 7) is 4.02. The highest BCUT2D eigenvalue weighted by Crippen LogP contribution is 2.11. The van der Waals surface area contributed by atoms with Crippen molar-refractivity contribution in [3.63, 3.8) is 0 Å². The number of carbonyl (C=O) groups is 1. The van der Waals surface area contributed by atoms with Crippen molar-refractivity contribution in [3.8, 4) is 0 Å². The lowest BCUT2D eigenvalue weighted by atomic mass is 9.93. The van der Waals surface area contributed by atoms with Crippen LogP contribution in [0.25, 0.3) is 0 Å². The summed E-state index contributed by atoms with van der Waals surface area (Å²) in [5.74, 6) is 0.259. The zero-order chi connectivity index (χ0) is 11.3. The highest BCUT2D eigenvalue weighted by molar-refractivity contribution is 5.85. The molecule has 15 heavy (non-hydrogen) atoms. The lowest BCUT2D eigenvalue weighted by Gasteiger charge is -2.24. The minimum absolute atomic E-state index is 0.183. The summed E-state index contributed by atoms with van der Waals surface area (Å²) in [4.78, 5) is 15.5. The van der Waals surface area contributed by atoms with Gasteiger partial charge in [-0.05, 0) is 12.8 Å². The number of hydrogen-bond acceptors (Lipinski definition) is 5. The zero-order valence-corrected chi connectivity index (χ0v) is 8.99. The maximum atomic E-state index is 11.7. The van der Waals surface area contributed by atoms with Crippen molar-refractivity contribution >= 4 is 5.91 Å². The number of aromatic nitrogens is 2. The Morgan fingerprint density at radius 3 is 2.73 bits per heavy atom. The lowest BCUT2D eigenvalue weighted by molar-refractivity contribution is -0.126. The predicted octanol–water partition coefficient (Wildman–Crippen LogP) is 0.203. The van der Waals surface area contributed by atoms with Crippen LogP contribution in [0.2, 0.25) is 0 Å². The number of nitrogens with two attached hydrogens (primary N) is 1. The van der Waals surface area contributed by atoms with Crippen LogP contribution < -0.4 is 11.1 Å². The molecule has 0 radical (unpaired) electrons. The van der Waals surface area contributed by atoms with Crippen molar-refractivity contribution in [3.05, 3.63) is 12.2 Å². The van der Waals surface area contributed by atoms with Crippen LogP contribution in [0.1, 0.15) is 32.5 Å². The van der Waals surface area contributed by atoms with Gasteiger partial charge in [0.15, 0.2) is 5.82 Å². The molecule has 84 valence electrons. The van der Waals surface area contributed by atoms with E-state index in [4.69, 9.17) is 5.73 Å². The predicted molar refractivity (Wildman–Crippen MR) is 53.6 cm³/mol. The van der Waals surface area contributed by atoms with E-state index in [2.05, 4.69) is 20.0 Å². The molecule has 0 spiro atoms. The highest BCUT2D eigenvalue weighted by Gasteiger charge is 2.29. The van der Waals surface area contributed by atoms with Crippen molar-refractivity contribution in [2.24, 2.45) is 5.73 Å². The summed E-state index contributed by atoms with van der Waals surface area (Å²) in [5.41, 5.74) is 5.10. The zero-order valence-electron chi connectivity index (χ0n) is 8.99. The van der Waals surface area contributed by atoms with Gasteiger partial charge in [0.25, 0.3) is 0 Å². The number of nitrogens with zero attached hydrogens (tertiary/aromatic N) is 2. The molecule has 0 unspecified atom stereocenters. The molecule has 0 saturated heterocycles. The minimum atomic E-state index is -0.802. The van der Waals surface area contributed by atoms with E-state index in [1.165, 1.54) is 6.39 Å². The van der Waals surface area contributed by atoms with Gasteiger partial charge < -0.3 is 15.6 Å². The van der Waals surface area contributed by atoms with E-state index in [-0.39, 0.29) is 12.5 Å². The van der Waals surface area contributed by atoms with Gasteiger partial charge in [0, 0.05) is 0 Å². The van der Waals surface area contributed by atoms with Crippen LogP contribution in [-0.4, -0.2) is 21.6 Å². The van der Waals surface area contributed by atoms with Gasteiger partial charge in [0.2, 0.25) is 12.3 Å². The van der Waals surface area contributed by atoms with Crippen LogP contribution in [0, 0.1) is 0 Å². The van der Waals surface area contributed by atoms with Crippen molar-refractivity contribution in [1.82, 2.24) is 15.5 Å². The highest BCUT2D eigenvalue weighted by atomic mass is 16.5. The van der Waals surface area contributed by atoms with Crippen LogP contribution in [0.3, 0.4) is 0 Å². The number of amides is 1. The Balaban J connectivity index is 2.48. The van der Waals surface area contributed by atoms with Crippen molar-refractivity contribution in [2.45, 2.75) is 38.8 Å². The topological polar surface area (TPSA) is 94.0 Å². The molecule has 3 N–H and O–H groups in total. The molecule has 6 nitrogen and oxygen atoms in total. The first-order chi connectivity index (χ1) is 7.12. The average Bonchev–Trinajstić information content (AvgIpc) is 2.77. The molecule has 0 aliphatic heterocycles. The average molecular weight is 212 g/mol. The van der Waals surface area contributed by atoms with E-state index >= 15 is 0 Å². The molecular formula is C9H16N4O2. The molecule has 1 rings (SSSR count). The van der Waals surface area contributed by atoms with Gasteiger partial charge in [-0.2, -0.15) is 4.98 Å². The molecule has 0 aliphatic carbocycles. The second kappa shape index (κ2) is 4.88. The molecule has 0 saturated carbocycles. The Labute approximate surface area is 88.2 Å². The fraction of sp³-hybridized carbons (Fsp3) is 0.667. The second-order valence-electron chi connectivity index (χ2n) is 3.39. The van der Waals surface area contributed by atoms with E-state index in [1.54, 1.807) is 0 Å². The Bertz CT molecular complexity index is 306. The third-order valence-electron chi connectivity index (χ3n) is 2.53. The van der Waals surface area contributed by atoms with Crippen molar-refractivity contribution in [1.29, 1.82) is 0 Å². The molecule has 0 atom stereocenters. The van der Waals surface area contributed by atoms with E-state index in [0.29, 0.717) is 18.7 Å². The maximum absolute atomic E-state index is 11.7. The second-order valence-corrected chi connectivity index (χ2v) is 3.39. The summed E-state index contributed by atoms with van der Waals surface area (Å²) >= 11 is 0. The van der Waals surface area contributed by atoms with Crippen LogP contribution in [0.4, 0.5) is 0 Å². The van der Waals surface area contributed by atoms with E-state index < -0.39 is 5.54 Å². The van der Waals surface area contributed by atoms with Crippen LogP contribution in [0.5, 0.6) is 0 Å². The number of nitrogens with one attached hydrogen (secondary N) is 1. The minimum Gasteiger partial charge on any atom is -0.347 e. The molecular weight excluding hydrogens is 196 g/mol. The van der Waals surface area contributed by atoms with Gasteiger partial charge >= 0.3 is 0 Å². The Morgan fingerprint density at radius 2 is 2.27 bits per heavy atom. The van der Waals surface area contributed by atoms with Crippen molar-refractivity contribution in [2.75, 3.05) is 0 Å². The third kappa shape index (κ3) is 2.76. The summed E-state index contributed by atoms with van der Waals surface area (Å²) in [6.07, 6.45) is 2.42. The van der Waals surface area contributed by atoms with Crippen LogP contribution in [-0.2, 0) is 11.3 Å². The quantitative estimate of drug-likeness (QED) is 0.727. The summed E-state index contributed by atoms with van der Waals surface area (Å²) in [6, 6.07) is 0. The monoisotopic (exact) mass is 212 g/mol. The smallest absolute Gasteiger partial charge is 0.240 e. The first kappa shape index (κ1) is 11.6. The fourth-order valence-corrected chi connectivity index (χ4v) is 1.18.